The Morgan fingerprint density at radius 3 is 2.72 bits per heavy atom. The quantitative estimate of drug-likeness (QED) is 0.273. The number of methoxy groups -OCH3 is 1. The minimum Gasteiger partial charge on any atom is -0.471 e. The monoisotopic (exact) mass is 703 g/mol. The number of aryl methyl sites for hydroxylation is 1. The lowest BCUT2D eigenvalue weighted by Gasteiger charge is -2.30. The van der Waals surface area contributed by atoms with Crippen LogP contribution in [0.15, 0.2) is 36.0 Å². The van der Waals surface area contributed by atoms with Gasteiger partial charge in [0.1, 0.15) is 28.4 Å². The summed E-state index contributed by atoms with van der Waals surface area (Å²) in [5.74, 6) is 0.0689. The van der Waals surface area contributed by atoms with Crippen molar-refractivity contribution >= 4 is 45.2 Å². The molecule has 3 amide bonds. The molecule has 2 aliphatic heterocycles. The number of nitrogens with zero attached hydrogens (tertiary/aromatic N) is 5. The highest BCUT2D eigenvalue weighted by Crippen LogP contribution is 2.46. The molecule has 5 atom stereocenters. The van der Waals surface area contributed by atoms with Crippen molar-refractivity contribution in [3.05, 3.63) is 36.0 Å². The SMILES string of the molecule is COC(=O)[C@@]12C[C@H]1C=CCCCCC[C@H](NC(=O)CC1CCCC1)C(=O)N1C[C@H](Oc3nc(-c4nccn4C)nc4ccsc34)C[C@H]1C(=O)N2. The van der Waals surface area contributed by atoms with Gasteiger partial charge in [-0.3, -0.25) is 14.4 Å². The summed E-state index contributed by atoms with van der Waals surface area (Å²) in [5.41, 5.74) is -0.477. The average molecular weight is 704 g/mol. The van der Waals surface area contributed by atoms with Crippen molar-refractivity contribution in [1.29, 1.82) is 0 Å². The first kappa shape index (κ1) is 34.1. The first-order chi connectivity index (χ1) is 24.3. The average Bonchev–Trinajstić information content (AvgIpc) is 3.71. The molecule has 2 N–H and O–H groups in total. The largest absolute Gasteiger partial charge is 0.471 e. The molecule has 3 aromatic heterocycles. The topological polar surface area (TPSA) is 158 Å². The number of fused-ring (bicyclic) bond motifs is 3. The number of thiophene rings is 1. The van der Waals surface area contributed by atoms with Crippen LogP contribution in [0.4, 0.5) is 0 Å². The molecule has 0 aromatic carbocycles. The summed E-state index contributed by atoms with van der Waals surface area (Å²) in [5, 5.41) is 7.97. The van der Waals surface area contributed by atoms with Crippen molar-refractivity contribution in [2.24, 2.45) is 18.9 Å². The Balaban J connectivity index is 1.18. The van der Waals surface area contributed by atoms with E-state index in [9.17, 15) is 19.2 Å². The Labute approximate surface area is 295 Å². The third-order valence-corrected chi connectivity index (χ3v) is 11.5. The standard InChI is InChI=1S/C36H45N7O6S/c1-42-16-15-37-31(42)30-39-25-14-17-50-29(25)33(40-30)49-24-19-27-32(45)41-36(35(47)48-2)20-23(36)12-6-4-3-5-7-13-26(34(46)43(27)21-24)38-28(44)18-22-10-8-9-11-22/h6,12,14-17,22-24,26-27H,3-5,7-11,13,18-21H2,1-2H3,(H,38,44)(H,41,45)/t23-,24-,26+,27+,36-/m1/s1. The number of ether oxygens (including phenoxy) is 2. The van der Waals surface area contributed by atoms with Gasteiger partial charge in [0.15, 0.2) is 11.6 Å². The Hall–Kier alpha value is -4.33. The van der Waals surface area contributed by atoms with Gasteiger partial charge in [-0.25, -0.2) is 14.8 Å². The van der Waals surface area contributed by atoms with E-state index < -0.39 is 35.6 Å². The summed E-state index contributed by atoms with van der Waals surface area (Å²) >= 11 is 1.45. The van der Waals surface area contributed by atoms with Gasteiger partial charge in [0.2, 0.25) is 23.6 Å². The van der Waals surface area contributed by atoms with Crippen LogP contribution < -0.4 is 15.4 Å². The third-order valence-electron chi connectivity index (χ3n) is 10.6. The fraction of sp³-hybridized carbons (Fsp3) is 0.583. The molecule has 0 bridgehead atoms. The number of amides is 3. The lowest BCUT2D eigenvalue weighted by Crippen LogP contribution is -2.56. The molecule has 3 fully saturated rings. The van der Waals surface area contributed by atoms with E-state index in [1.54, 1.807) is 6.20 Å². The molecule has 7 rings (SSSR count). The number of esters is 1. The maximum absolute atomic E-state index is 14.5. The maximum atomic E-state index is 14.5. The van der Waals surface area contributed by atoms with Crippen LogP contribution >= 0.6 is 11.3 Å². The summed E-state index contributed by atoms with van der Waals surface area (Å²) < 4.78 is 14.3. The third kappa shape index (κ3) is 6.99. The zero-order chi connectivity index (χ0) is 34.8. The fourth-order valence-corrected chi connectivity index (χ4v) is 8.56. The molecule has 5 heterocycles. The summed E-state index contributed by atoms with van der Waals surface area (Å²) in [7, 11) is 3.18. The van der Waals surface area contributed by atoms with Gasteiger partial charge >= 0.3 is 5.97 Å². The highest BCUT2D eigenvalue weighted by atomic mass is 32.1. The number of hydrogen-bond acceptors (Lipinski definition) is 10. The smallest absolute Gasteiger partial charge is 0.332 e. The van der Waals surface area contributed by atoms with E-state index in [0.29, 0.717) is 48.2 Å². The molecule has 14 heteroatoms. The van der Waals surface area contributed by atoms with Crippen molar-refractivity contribution < 1.29 is 28.7 Å². The lowest BCUT2D eigenvalue weighted by atomic mass is 10.0. The normalized spacial score (nSPS) is 27.6. The van der Waals surface area contributed by atoms with Crippen LogP contribution in [0.2, 0.25) is 0 Å². The number of allylic oxidation sites excluding steroid dienone is 1. The van der Waals surface area contributed by atoms with E-state index in [0.717, 1.165) is 56.1 Å². The molecule has 13 nitrogen and oxygen atoms in total. The molecule has 0 unspecified atom stereocenters. The fourth-order valence-electron chi connectivity index (χ4n) is 7.80. The van der Waals surface area contributed by atoms with Crippen LogP contribution in [0, 0.1) is 11.8 Å². The number of carbonyl (C=O) groups is 4. The first-order valence-electron chi connectivity index (χ1n) is 17.8. The van der Waals surface area contributed by atoms with Crippen molar-refractivity contribution in [3.63, 3.8) is 0 Å². The summed E-state index contributed by atoms with van der Waals surface area (Å²) in [6, 6.07) is 0.176. The second kappa shape index (κ2) is 14.5. The van der Waals surface area contributed by atoms with Gasteiger partial charge in [-0.05, 0) is 55.9 Å². The number of nitrogens with one attached hydrogen (secondary N) is 2. The molecule has 2 saturated carbocycles. The van der Waals surface area contributed by atoms with Crippen LogP contribution in [0.25, 0.3) is 21.9 Å². The van der Waals surface area contributed by atoms with Gasteiger partial charge in [0.05, 0.1) is 19.2 Å². The van der Waals surface area contributed by atoms with Gasteiger partial charge in [0, 0.05) is 38.2 Å². The molecular weight excluding hydrogens is 659 g/mol. The molecule has 1 saturated heterocycles. The van der Waals surface area contributed by atoms with Crippen LogP contribution in [-0.4, -0.2) is 85.5 Å². The highest BCUT2D eigenvalue weighted by molar-refractivity contribution is 7.17. The number of carbonyl (C=O) groups excluding carboxylic acids is 4. The van der Waals surface area contributed by atoms with E-state index >= 15 is 0 Å². The molecule has 50 heavy (non-hydrogen) atoms. The van der Waals surface area contributed by atoms with Gasteiger partial charge in [-0.1, -0.05) is 37.8 Å². The lowest BCUT2D eigenvalue weighted by molar-refractivity contribution is -0.148. The molecule has 3 aromatic rings. The van der Waals surface area contributed by atoms with Crippen LogP contribution in [0.3, 0.4) is 0 Å². The van der Waals surface area contributed by atoms with Crippen LogP contribution in [0.5, 0.6) is 5.88 Å². The van der Waals surface area contributed by atoms with E-state index in [1.165, 1.54) is 23.3 Å². The number of hydrogen-bond donors (Lipinski definition) is 2. The minimum absolute atomic E-state index is 0.106. The highest BCUT2D eigenvalue weighted by Gasteiger charge is 2.62. The van der Waals surface area contributed by atoms with E-state index in [2.05, 4.69) is 21.7 Å². The summed E-state index contributed by atoms with van der Waals surface area (Å²) in [6.45, 7) is 0.106. The zero-order valence-electron chi connectivity index (χ0n) is 28.6. The molecule has 0 radical (unpaired) electrons. The number of aromatic nitrogens is 4. The Morgan fingerprint density at radius 1 is 1.12 bits per heavy atom. The van der Waals surface area contributed by atoms with Crippen LogP contribution in [-0.2, 0) is 31.0 Å². The minimum atomic E-state index is -1.18. The van der Waals surface area contributed by atoms with Gasteiger partial charge < -0.3 is 29.6 Å². The van der Waals surface area contributed by atoms with Crippen LogP contribution in [0.1, 0.15) is 77.0 Å². The molecule has 0 spiro atoms. The Bertz CT molecular complexity index is 1780. The second-order valence-electron chi connectivity index (χ2n) is 14.1. The molecule has 266 valence electrons. The van der Waals surface area contributed by atoms with E-state index in [4.69, 9.17) is 19.4 Å². The predicted molar refractivity (Wildman–Crippen MR) is 186 cm³/mol. The Morgan fingerprint density at radius 2 is 1.94 bits per heavy atom. The first-order valence-corrected chi connectivity index (χ1v) is 18.7. The van der Waals surface area contributed by atoms with Gasteiger partial charge in [0.25, 0.3) is 0 Å². The van der Waals surface area contributed by atoms with Gasteiger partial charge in [-0.2, -0.15) is 4.98 Å². The van der Waals surface area contributed by atoms with E-state index in [1.807, 2.05) is 35.3 Å². The second-order valence-corrected chi connectivity index (χ2v) is 15.1. The van der Waals surface area contributed by atoms with Gasteiger partial charge in [-0.15, -0.1) is 11.3 Å². The number of rotatable bonds is 7. The molecule has 2 aliphatic carbocycles. The molecular formula is C36H45N7O6S. The maximum Gasteiger partial charge on any atom is 0.332 e. The van der Waals surface area contributed by atoms with Crippen molar-refractivity contribution in [1.82, 2.24) is 35.1 Å². The van der Waals surface area contributed by atoms with Crippen molar-refractivity contribution in [2.75, 3.05) is 13.7 Å². The molecule has 4 aliphatic rings. The van der Waals surface area contributed by atoms with E-state index in [-0.39, 0.29) is 30.7 Å². The Kier molecular flexibility index (Phi) is 9.89. The zero-order valence-corrected chi connectivity index (χ0v) is 29.5. The predicted octanol–water partition coefficient (Wildman–Crippen LogP) is 4.07. The summed E-state index contributed by atoms with van der Waals surface area (Å²) in [4.78, 5) is 70.4. The van der Waals surface area contributed by atoms with Crippen molar-refractivity contribution in [2.45, 2.75) is 101 Å². The number of imidazole rings is 1. The summed E-state index contributed by atoms with van der Waals surface area (Å²) in [6.07, 6.45) is 16.1. The van der Waals surface area contributed by atoms with Crippen molar-refractivity contribution in [3.8, 4) is 17.5 Å².